The van der Waals surface area contributed by atoms with Crippen molar-refractivity contribution in [2.75, 3.05) is 0 Å². The van der Waals surface area contributed by atoms with Crippen LogP contribution in [-0.4, -0.2) is 0 Å². The smallest absolute Gasteiger partial charge is 0.168 e. The van der Waals surface area contributed by atoms with Gasteiger partial charge in [0.05, 0.1) is 0 Å². The Labute approximate surface area is 118 Å². The first kappa shape index (κ1) is 14.0. The summed E-state index contributed by atoms with van der Waals surface area (Å²) in [6, 6.07) is 8.23. The van der Waals surface area contributed by atoms with Gasteiger partial charge in [-0.15, -0.1) is 0 Å². The van der Waals surface area contributed by atoms with E-state index in [1.165, 1.54) is 6.07 Å². The van der Waals surface area contributed by atoms with Crippen molar-refractivity contribution in [3.05, 3.63) is 58.1 Å². The summed E-state index contributed by atoms with van der Waals surface area (Å²) in [6.07, 6.45) is 0. The third-order valence-electron chi connectivity index (χ3n) is 2.58. The molecule has 0 aliphatic heterocycles. The molecule has 5 heteroatoms. The van der Waals surface area contributed by atoms with Crippen LogP contribution in [0.25, 0.3) is 0 Å². The van der Waals surface area contributed by atoms with Gasteiger partial charge in [-0.1, -0.05) is 22.0 Å². The van der Waals surface area contributed by atoms with Crippen molar-refractivity contribution in [2.45, 2.75) is 13.0 Å². The van der Waals surface area contributed by atoms with Crippen LogP contribution < -0.4 is 10.5 Å². The lowest BCUT2D eigenvalue weighted by Gasteiger charge is -2.11. The molecule has 19 heavy (non-hydrogen) atoms. The van der Waals surface area contributed by atoms with Crippen molar-refractivity contribution in [3.8, 4) is 11.5 Å². The average molecular weight is 328 g/mol. The fourth-order valence-corrected chi connectivity index (χ4v) is 2.34. The van der Waals surface area contributed by atoms with Gasteiger partial charge in [-0.2, -0.15) is 0 Å². The van der Waals surface area contributed by atoms with E-state index in [0.29, 0.717) is 5.75 Å². The molecule has 0 aromatic heterocycles. The summed E-state index contributed by atoms with van der Waals surface area (Å²) in [4.78, 5) is 0. The Bertz CT molecular complexity index is 602. The van der Waals surface area contributed by atoms with Crippen molar-refractivity contribution in [1.82, 2.24) is 0 Å². The molecule has 0 bridgehead atoms. The minimum absolute atomic E-state index is 0.0261. The van der Waals surface area contributed by atoms with E-state index in [-0.39, 0.29) is 11.8 Å². The summed E-state index contributed by atoms with van der Waals surface area (Å²) in [5, 5.41) is 0. The summed E-state index contributed by atoms with van der Waals surface area (Å²) in [5.41, 5.74) is 6.71. The van der Waals surface area contributed by atoms with Gasteiger partial charge in [0.2, 0.25) is 0 Å². The number of rotatable bonds is 3. The molecule has 2 nitrogen and oxygen atoms in total. The van der Waals surface area contributed by atoms with Gasteiger partial charge in [-0.25, -0.2) is 8.78 Å². The van der Waals surface area contributed by atoms with E-state index in [4.69, 9.17) is 10.5 Å². The highest BCUT2D eigenvalue weighted by molar-refractivity contribution is 9.10. The standard InChI is InChI=1S/C14H12BrF2NO/c1-8(18)11-4-3-10(7-12(11)15)19-14-5-2-9(16)6-13(14)17/h2-8H,18H2,1H3. The first-order valence-corrected chi connectivity index (χ1v) is 6.44. The van der Waals surface area contributed by atoms with Gasteiger partial charge >= 0.3 is 0 Å². The Morgan fingerprint density at radius 3 is 2.47 bits per heavy atom. The highest BCUT2D eigenvalue weighted by Crippen LogP contribution is 2.30. The summed E-state index contributed by atoms with van der Waals surface area (Å²) in [6.45, 7) is 1.86. The normalized spacial score (nSPS) is 12.3. The van der Waals surface area contributed by atoms with Crippen LogP contribution in [0.2, 0.25) is 0 Å². The SMILES string of the molecule is CC(N)c1ccc(Oc2ccc(F)cc2F)cc1Br. The van der Waals surface area contributed by atoms with Crippen molar-refractivity contribution in [2.24, 2.45) is 5.73 Å². The highest BCUT2D eigenvalue weighted by Gasteiger charge is 2.09. The molecule has 0 saturated heterocycles. The van der Waals surface area contributed by atoms with Crippen molar-refractivity contribution in [3.63, 3.8) is 0 Å². The second kappa shape index (κ2) is 5.67. The molecular formula is C14H12BrF2NO. The third-order valence-corrected chi connectivity index (χ3v) is 3.27. The maximum absolute atomic E-state index is 13.4. The Balaban J connectivity index is 2.26. The van der Waals surface area contributed by atoms with Crippen molar-refractivity contribution >= 4 is 15.9 Å². The van der Waals surface area contributed by atoms with Crippen LogP contribution in [0.3, 0.4) is 0 Å². The topological polar surface area (TPSA) is 35.2 Å². The van der Waals surface area contributed by atoms with E-state index < -0.39 is 11.6 Å². The lowest BCUT2D eigenvalue weighted by molar-refractivity contribution is 0.437. The molecule has 0 amide bonds. The zero-order valence-electron chi connectivity index (χ0n) is 10.2. The van der Waals surface area contributed by atoms with Crippen LogP contribution in [0.15, 0.2) is 40.9 Å². The second-order valence-electron chi connectivity index (χ2n) is 4.15. The van der Waals surface area contributed by atoms with Crippen LogP contribution in [-0.2, 0) is 0 Å². The minimum atomic E-state index is -0.743. The molecule has 0 aliphatic rings. The van der Waals surface area contributed by atoms with Crippen LogP contribution in [0.1, 0.15) is 18.5 Å². The molecule has 1 unspecified atom stereocenters. The van der Waals surface area contributed by atoms with Gasteiger partial charge in [0.25, 0.3) is 0 Å². The van der Waals surface area contributed by atoms with E-state index in [0.717, 1.165) is 22.2 Å². The number of hydrogen-bond acceptors (Lipinski definition) is 2. The van der Waals surface area contributed by atoms with E-state index in [9.17, 15) is 8.78 Å². The van der Waals surface area contributed by atoms with Gasteiger partial charge in [0, 0.05) is 16.6 Å². The summed E-state index contributed by atoms with van der Waals surface area (Å²) in [7, 11) is 0. The fourth-order valence-electron chi connectivity index (χ4n) is 1.63. The molecule has 0 heterocycles. The van der Waals surface area contributed by atoms with Gasteiger partial charge in [-0.05, 0) is 36.8 Å². The Hall–Kier alpha value is -1.46. The molecule has 0 spiro atoms. The van der Waals surface area contributed by atoms with E-state index in [2.05, 4.69) is 15.9 Å². The number of benzene rings is 2. The summed E-state index contributed by atoms with van der Waals surface area (Å²) in [5.74, 6) is -0.964. The number of ether oxygens (including phenoxy) is 1. The molecule has 100 valence electrons. The van der Waals surface area contributed by atoms with E-state index in [1.54, 1.807) is 18.2 Å². The highest BCUT2D eigenvalue weighted by atomic mass is 79.9. The van der Waals surface area contributed by atoms with Crippen LogP contribution in [0.4, 0.5) is 8.78 Å². The maximum atomic E-state index is 13.4. The second-order valence-corrected chi connectivity index (χ2v) is 5.00. The molecule has 0 aliphatic carbocycles. The van der Waals surface area contributed by atoms with E-state index in [1.807, 2.05) is 6.92 Å². The molecule has 0 saturated carbocycles. The summed E-state index contributed by atoms with van der Waals surface area (Å²) >= 11 is 3.38. The molecule has 2 rings (SSSR count). The average Bonchev–Trinajstić information content (AvgIpc) is 2.32. The molecule has 0 radical (unpaired) electrons. The van der Waals surface area contributed by atoms with Crippen LogP contribution >= 0.6 is 15.9 Å². The number of halogens is 3. The van der Waals surface area contributed by atoms with Crippen molar-refractivity contribution < 1.29 is 13.5 Å². The molecule has 1 atom stereocenters. The Morgan fingerprint density at radius 2 is 1.89 bits per heavy atom. The van der Waals surface area contributed by atoms with E-state index >= 15 is 0 Å². The predicted molar refractivity (Wildman–Crippen MR) is 73.2 cm³/mol. The lowest BCUT2D eigenvalue weighted by Crippen LogP contribution is -2.05. The molecule has 0 fully saturated rings. The predicted octanol–water partition coefficient (Wildman–Crippen LogP) is 4.54. The Morgan fingerprint density at radius 1 is 1.16 bits per heavy atom. The van der Waals surface area contributed by atoms with Crippen LogP contribution in [0, 0.1) is 11.6 Å². The Kier molecular flexibility index (Phi) is 4.17. The van der Waals surface area contributed by atoms with Gasteiger partial charge in [0.15, 0.2) is 11.6 Å². The molecular weight excluding hydrogens is 316 g/mol. The quantitative estimate of drug-likeness (QED) is 0.898. The largest absolute Gasteiger partial charge is 0.454 e. The van der Waals surface area contributed by atoms with Crippen molar-refractivity contribution in [1.29, 1.82) is 0 Å². The first-order valence-electron chi connectivity index (χ1n) is 5.65. The summed E-state index contributed by atoms with van der Waals surface area (Å²) < 4.78 is 32.4. The molecule has 2 aromatic rings. The van der Waals surface area contributed by atoms with Gasteiger partial charge in [-0.3, -0.25) is 0 Å². The zero-order valence-corrected chi connectivity index (χ0v) is 11.7. The monoisotopic (exact) mass is 327 g/mol. The minimum Gasteiger partial charge on any atom is -0.454 e. The van der Waals surface area contributed by atoms with Crippen LogP contribution in [0.5, 0.6) is 11.5 Å². The maximum Gasteiger partial charge on any atom is 0.168 e. The molecule has 2 aromatic carbocycles. The van der Waals surface area contributed by atoms with Gasteiger partial charge < -0.3 is 10.5 Å². The fraction of sp³-hybridized carbons (Fsp3) is 0.143. The first-order chi connectivity index (χ1) is 8.97. The lowest BCUT2D eigenvalue weighted by atomic mass is 10.1. The molecule has 2 N–H and O–H groups in total. The number of nitrogens with two attached hydrogens (primary N) is 1. The third kappa shape index (κ3) is 3.30. The zero-order chi connectivity index (χ0) is 14.0. The number of hydrogen-bond donors (Lipinski definition) is 1. The van der Waals surface area contributed by atoms with Gasteiger partial charge in [0.1, 0.15) is 11.6 Å².